The second kappa shape index (κ2) is 6.44. The highest BCUT2D eigenvalue weighted by Crippen LogP contribution is 2.36. The Kier molecular flexibility index (Phi) is 4.27. The molecule has 1 saturated heterocycles. The maximum Gasteiger partial charge on any atom is 0.263 e. The summed E-state index contributed by atoms with van der Waals surface area (Å²) in [5.41, 5.74) is 0.543. The maximum atomic E-state index is 12.5. The van der Waals surface area contributed by atoms with Crippen molar-refractivity contribution < 1.29 is 13.2 Å². The molecule has 1 aromatic rings. The van der Waals surface area contributed by atoms with E-state index in [1.54, 1.807) is 24.3 Å². The van der Waals surface area contributed by atoms with Crippen molar-refractivity contribution in [3.8, 4) is 0 Å². The molecule has 6 nitrogen and oxygen atoms in total. The molecular formula is C18H23N3O3S. The predicted molar refractivity (Wildman–Crippen MR) is 94.8 cm³/mol. The van der Waals surface area contributed by atoms with Gasteiger partial charge in [0.05, 0.1) is 4.90 Å². The molecule has 1 aliphatic carbocycles. The third kappa shape index (κ3) is 3.17. The van der Waals surface area contributed by atoms with Crippen LogP contribution in [0.5, 0.6) is 0 Å². The van der Waals surface area contributed by atoms with Gasteiger partial charge in [-0.1, -0.05) is 31.4 Å². The molecule has 25 heavy (non-hydrogen) atoms. The van der Waals surface area contributed by atoms with E-state index in [0.717, 1.165) is 25.4 Å². The number of hydrogen-bond acceptors (Lipinski definition) is 4. The summed E-state index contributed by atoms with van der Waals surface area (Å²) in [6, 6.07) is 6.71. The molecule has 1 saturated carbocycles. The number of amidine groups is 1. The van der Waals surface area contributed by atoms with Gasteiger partial charge in [-0.15, -0.1) is 0 Å². The van der Waals surface area contributed by atoms with Crippen LogP contribution in [0, 0.1) is 11.8 Å². The zero-order valence-corrected chi connectivity index (χ0v) is 15.0. The van der Waals surface area contributed by atoms with E-state index in [1.165, 1.54) is 25.7 Å². The molecule has 2 fully saturated rings. The highest BCUT2D eigenvalue weighted by molar-refractivity contribution is 7.90. The van der Waals surface area contributed by atoms with E-state index < -0.39 is 10.0 Å². The van der Waals surface area contributed by atoms with Gasteiger partial charge in [0.25, 0.3) is 10.0 Å². The summed E-state index contributed by atoms with van der Waals surface area (Å²) in [7, 11) is -3.55. The molecule has 0 spiro atoms. The first kappa shape index (κ1) is 16.6. The Hall–Kier alpha value is -1.89. The van der Waals surface area contributed by atoms with Crippen molar-refractivity contribution in [3.63, 3.8) is 0 Å². The number of sulfonamides is 1. The van der Waals surface area contributed by atoms with E-state index in [2.05, 4.69) is 9.71 Å². The van der Waals surface area contributed by atoms with Crippen LogP contribution < -0.4 is 4.72 Å². The lowest BCUT2D eigenvalue weighted by molar-refractivity contribution is -0.132. The average Bonchev–Trinajstić information content (AvgIpc) is 2.90. The van der Waals surface area contributed by atoms with Gasteiger partial charge in [0.1, 0.15) is 12.4 Å². The number of carbonyl (C=O) groups excluding carboxylic acids is 1. The zero-order chi connectivity index (χ0) is 17.4. The number of nitrogens with zero attached hydrogens (tertiary/aromatic N) is 2. The first-order valence-electron chi connectivity index (χ1n) is 8.99. The molecule has 3 aliphatic rings. The van der Waals surface area contributed by atoms with Crippen LogP contribution in [-0.4, -0.2) is 44.7 Å². The van der Waals surface area contributed by atoms with E-state index in [0.29, 0.717) is 11.5 Å². The van der Waals surface area contributed by atoms with Crippen LogP contribution in [0.1, 0.15) is 37.7 Å². The number of benzene rings is 1. The normalized spacial score (nSPS) is 29.0. The van der Waals surface area contributed by atoms with Gasteiger partial charge in [-0.3, -0.25) is 14.5 Å². The minimum absolute atomic E-state index is 0.0103. The summed E-state index contributed by atoms with van der Waals surface area (Å²) in [5.74, 6) is 1.67. The quantitative estimate of drug-likeness (QED) is 0.872. The Bertz CT molecular complexity index is 819. The van der Waals surface area contributed by atoms with Gasteiger partial charge >= 0.3 is 0 Å². The Morgan fingerprint density at radius 3 is 2.76 bits per heavy atom. The lowest BCUT2D eigenvalue weighted by Crippen LogP contribution is -2.45. The van der Waals surface area contributed by atoms with Gasteiger partial charge in [0.2, 0.25) is 5.91 Å². The second-order valence-electron chi connectivity index (χ2n) is 7.20. The van der Waals surface area contributed by atoms with E-state index in [-0.39, 0.29) is 23.2 Å². The van der Waals surface area contributed by atoms with Crippen LogP contribution in [0.2, 0.25) is 0 Å². The maximum absolute atomic E-state index is 12.5. The molecule has 134 valence electrons. The Balaban J connectivity index is 1.45. The molecule has 0 bridgehead atoms. The van der Waals surface area contributed by atoms with Gasteiger partial charge in [-0.2, -0.15) is 0 Å². The number of hydrogen-bond donors (Lipinski definition) is 1. The Morgan fingerprint density at radius 2 is 1.92 bits per heavy atom. The highest BCUT2D eigenvalue weighted by atomic mass is 32.2. The molecule has 0 aromatic heterocycles. The van der Waals surface area contributed by atoms with Crippen molar-refractivity contribution in [2.24, 2.45) is 16.8 Å². The van der Waals surface area contributed by atoms with E-state index in [4.69, 9.17) is 0 Å². The Labute approximate surface area is 148 Å². The van der Waals surface area contributed by atoms with E-state index in [9.17, 15) is 13.2 Å². The third-order valence-electron chi connectivity index (χ3n) is 5.68. The summed E-state index contributed by atoms with van der Waals surface area (Å²) in [5, 5.41) is 0. The minimum Gasteiger partial charge on any atom is -0.341 e. The summed E-state index contributed by atoms with van der Waals surface area (Å²) >= 11 is 0. The predicted octanol–water partition coefficient (Wildman–Crippen LogP) is 1.76. The molecule has 7 heteroatoms. The topological polar surface area (TPSA) is 78.8 Å². The summed E-state index contributed by atoms with van der Waals surface area (Å²) in [6.45, 7) is 1.62. The van der Waals surface area contributed by atoms with Crippen molar-refractivity contribution in [2.75, 3.05) is 19.6 Å². The van der Waals surface area contributed by atoms with E-state index >= 15 is 0 Å². The lowest BCUT2D eigenvalue weighted by atomic mass is 9.75. The summed E-state index contributed by atoms with van der Waals surface area (Å²) in [4.78, 5) is 19.0. The minimum atomic E-state index is -3.55. The fourth-order valence-electron chi connectivity index (χ4n) is 4.33. The molecule has 0 radical (unpaired) electrons. The number of amides is 1. The van der Waals surface area contributed by atoms with Crippen LogP contribution in [0.15, 0.2) is 34.2 Å². The first-order valence-corrected chi connectivity index (χ1v) is 10.5. The van der Waals surface area contributed by atoms with Gasteiger partial charge in [-0.25, -0.2) is 8.42 Å². The first-order chi connectivity index (χ1) is 12.0. The van der Waals surface area contributed by atoms with Crippen molar-refractivity contribution >= 4 is 21.8 Å². The monoisotopic (exact) mass is 361 g/mol. The van der Waals surface area contributed by atoms with Crippen LogP contribution in [0.3, 0.4) is 0 Å². The van der Waals surface area contributed by atoms with Gasteiger partial charge < -0.3 is 4.90 Å². The van der Waals surface area contributed by atoms with Crippen LogP contribution in [0.4, 0.5) is 0 Å². The smallest absolute Gasteiger partial charge is 0.263 e. The number of carbonyl (C=O) groups is 1. The summed E-state index contributed by atoms with van der Waals surface area (Å²) < 4.78 is 26.6. The molecule has 1 N–H and O–H groups in total. The van der Waals surface area contributed by atoms with Crippen molar-refractivity contribution in [2.45, 2.75) is 37.0 Å². The van der Waals surface area contributed by atoms with Crippen LogP contribution >= 0.6 is 0 Å². The van der Waals surface area contributed by atoms with Crippen molar-refractivity contribution in [3.05, 3.63) is 29.8 Å². The number of nitrogens with one attached hydrogen (secondary N) is 1. The van der Waals surface area contributed by atoms with Crippen LogP contribution in [-0.2, 0) is 14.8 Å². The SMILES string of the molecule is O=C(CN=C1NS(=O)(=O)c2ccccc21)N1CC[C@H]2CCCC[C@H]2C1. The van der Waals surface area contributed by atoms with E-state index in [1.807, 2.05) is 4.90 Å². The highest BCUT2D eigenvalue weighted by Gasteiger charge is 2.33. The largest absolute Gasteiger partial charge is 0.341 e. The van der Waals surface area contributed by atoms with Crippen molar-refractivity contribution in [1.82, 2.24) is 9.62 Å². The number of aliphatic imine (C=N–C) groups is 1. The van der Waals surface area contributed by atoms with Crippen molar-refractivity contribution in [1.29, 1.82) is 0 Å². The molecule has 2 heterocycles. The zero-order valence-electron chi connectivity index (χ0n) is 14.1. The van der Waals surface area contributed by atoms with Gasteiger partial charge in [0, 0.05) is 18.7 Å². The fourth-order valence-corrected chi connectivity index (χ4v) is 5.58. The number of piperidine rings is 1. The summed E-state index contributed by atoms with van der Waals surface area (Å²) in [6.07, 6.45) is 6.19. The molecular weight excluding hydrogens is 338 g/mol. The van der Waals surface area contributed by atoms with Gasteiger partial charge in [0.15, 0.2) is 0 Å². The number of rotatable bonds is 2. The molecule has 1 aromatic carbocycles. The number of fused-ring (bicyclic) bond motifs is 2. The lowest BCUT2D eigenvalue weighted by Gasteiger charge is -2.41. The third-order valence-corrected chi connectivity index (χ3v) is 7.08. The molecule has 2 aliphatic heterocycles. The van der Waals surface area contributed by atoms with Crippen LogP contribution in [0.25, 0.3) is 0 Å². The Morgan fingerprint density at radius 1 is 1.16 bits per heavy atom. The van der Waals surface area contributed by atoms with Gasteiger partial charge in [-0.05, 0) is 36.8 Å². The molecule has 4 rings (SSSR count). The standard InChI is InChI=1S/C18H23N3O3S/c22-17(21-10-9-13-5-1-2-6-14(13)12-21)11-19-18-15-7-3-4-8-16(15)25(23,24)20-18/h3-4,7-8,13-14H,1-2,5-6,9-12H2,(H,19,20)/t13-,14+/m1/s1. The fraction of sp³-hybridized carbons (Fsp3) is 0.556. The molecule has 2 atom stereocenters. The molecule has 0 unspecified atom stereocenters. The second-order valence-corrected chi connectivity index (χ2v) is 8.85. The average molecular weight is 361 g/mol. The molecule has 1 amide bonds. The number of likely N-dealkylation sites (tertiary alicyclic amines) is 1.